The molecule has 3 heteroatoms. The molecular formula is C14H19NO2. The second-order valence-corrected chi connectivity index (χ2v) is 4.41. The molecule has 0 aliphatic heterocycles. The Kier molecular flexibility index (Phi) is 3.38. The standard InChI is InChI=1S/C14H19NO2/c1-5-12(15(2)3)10-6-7-13(16-4)14-11(10)8-9-17-14/h6-9,12H,5H2,1-4H3. The number of rotatable bonds is 4. The molecule has 1 aromatic carbocycles. The van der Waals surface area contributed by atoms with E-state index in [0.29, 0.717) is 6.04 Å². The zero-order valence-electron chi connectivity index (χ0n) is 10.9. The van der Waals surface area contributed by atoms with Gasteiger partial charge in [-0.25, -0.2) is 0 Å². The fourth-order valence-corrected chi connectivity index (χ4v) is 2.37. The van der Waals surface area contributed by atoms with Crippen molar-refractivity contribution in [2.45, 2.75) is 19.4 Å². The van der Waals surface area contributed by atoms with Crippen LogP contribution in [-0.4, -0.2) is 26.1 Å². The summed E-state index contributed by atoms with van der Waals surface area (Å²) in [7, 11) is 5.87. The SMILES string of the molecule is CCC(c1ccc(OC)c2occc12)N(C)C. The maximum atomic E-state index is 5.51. The Morgan fingerprint density at radius 3 is 2.65 bits per heavy atom. The zero-order chi connectivity index (χ0) is 12.4. The molecule has 0 N–H and O–H groups in total. The number of nitrogens with zero attached hydrogens (tertiary/aromatic N) is 1. The fraction of sp³-hybridized carbons (Fsp3) is 0.429. The molecule has 1 aromatic heterocycles. The minimum Gasteiger partial charge on any atom is -0.493 e. The van der Waals surface area contributed by atoms with Crippen LogP contribution in [0.15, 0.2) is 28.9 Å². The van der Waals surface area contributed by atoms with Crippen molar-refractivity contribution in [2.24, 2.45) is 0 Å². The summed E-state index contributed by atoms with van der Waals surface area (Å²) in [4.78, 5) is 2.23. The summed E-state index contributed by atoms with van der Waals surface area (Å²) in [6, 6.07) is 6.53. The summed E-state index contributed by atoms with van der Waals surface area (Å²) in [5, 5.41) is 1.14. The van der Waals surface area contributed by atoms with Gasteiger partial charge in [0.25, 0.3) is 0 Å². The third kappa shape index (κ3) is 2.03. The van der Waals surface area contributed by atoms with Crippen LogP contribution in [0.2, 0.25) is 0 Å². The maximum absolute atomic E-state index is 5.51. The lowest BCUT2D eigenvalue weighted by Gasteiger charge is -2.24. The maximum Gasteiger partial charge on any atom is 0.176 e. The number of hydrogen-bond acceptors (Lipinski definition) is 3. The molecule has 0 fully saturated rings. The molecule has 0 amide bonds. The second-order valence-electron chi connectivity index (χ2n) is 4.41. The van der Waals surface area contributed by atoms with Gasteiger partial charge in [-0.3, -0.25) is 0 Å². The molecule has 92 valence electrons. The van der Waals surface area contributed by atoms with E-state index in [0.717, 1.165) is 23.1 Å². The Balaban J connectivity index is 2.59. The highest BCUT2D eigenvalue weighted by Crippen LogP contribution is 2.34. The van der Waals surface area contributed by atoms with Gasteiger partial charge in [0.05, 0.1) is 13.4 Å². The average molecular weight is 233 g/mol. The third-order valence-corrected chi connectivity index (χ3v) is 3.20. The van der Waals surface area contributed by atoms with Crippen LogP contribution in [0.25, 0.3) is 11.0 Å². The Bertz CT molecular complexity index is 502. The average Bonchev–Trinajstić information content (AvgIpc) is 2.78. The highest BCUT2D eigenvalue weighted by molar-refractivity contribution is 5.86. The highest BCUT2D eigenvalue weighted by atomic mass is 16.5. The molecule has 2 aromatic rings. The number of benzene rings is 1. The summed E-state index contributed by atoms with van der Waals surface area (Å²) in [5.74, 6) is 0.794. The van der Waals surface area contributed by atoms with Crippen LogP contribution >= 0.6 is 0 Å². The number of methoxy groups -OCH3 is 1. The molecule has 1 unspecified atom stereocenters. The monoisotopic (exact) mass is 233 g/mol. The van der Waals surface area contributed by atoms with Crippen molar-refractivity contribution < 1.29 is 9.15 Å². The summed E-state index contributed by atoms with van der Waals surface area (Å²) in [5.41, 5.74) is 2.13. The van der Waals surface area contributed by atoms with Crippen molar-refractivity contribution in [1.29, 1.82) is 0 Å². The zero-order valence-corrected chi connectivity index (χ0v) is 10.9. The first kappa shape index (κ1) is 12.0. The van der Waals surface area contributed by atoms with E-state index in [-0.39, 0.29) is 0 Å². The molecule has 0 saturated carbocycles. The molecule has 0 spiro atoms. The second kappa shape index (κ2) is 4.80. The van der Waals surface area contributed by atoms with Gasteiger partial charge >= 0.3 is 0 Å². The summed E-state index contributed by atoms with van der Waals surface area (Å²) >= 11 is 0. The number of ether oxygens (including phenoxy) is 1. The van der Waals surface area contributed by atoms with E-state index < -0.39 is 0 Å². The molecule has 0 radical (unpaired) electrons. The molecule has 1 atom stereocenters. The molecule has 0 aliphatic carbocycles. The summed E-state index contributed by atoms with van der Waals surface area (Å²) in [6.07, 6.45) is 2.79. The predicted octanol–water partition coefficient (Wildman–Crippen LogP) is 3.45. The first-order valence-electron chi connectivity index (χ1n) is 5.89. The molecule has 0 bridgehead atoms. The van der Waals surface area contributed by atoms with Gasteiger partial charge in [-0.15, -0.1) is 0 Å². The van der Waals surface area contributed by atoms with Gasteiger partial charge in [0, 0.05) is 11.4 Å². The first-order chi connectivity index (χ1) is 8.19. The van der Waals surface area contributed by atoms with E-state index in [2.05, 4.69) is 32.0 Å². The van der Waals surface area contributed by atoms with E-state index in [1.54, 1.807) is 13.4 Å². The van der Waals surface area contributed by atoms with Gasteiger partial charge in [0.2, 0.25) is 0 Å². The van der Waals surface area contributed by atoms with Crippen LogP contribution in [-0.2, 0) is 0 Å². The van der Waals surface area contributed by atoms with E-state index in [4.69, 9.17) is 9.15 Å². The first-order valence-corrected chi connectivity index (χ1v) is 5.89. The third-order valence-electron chi connectivity index (χ3n) is 3.20. The quantitative estimate of drug-likeness (QED) is 0.808. The minimum absolute atomic E-state index is 0.404. The van der Waals surface area contributed by atoms with E-state index in [9.17, 15) is 0 Å². The van der Waals surface area contributed by atoms with Crippen molar-refractivity contribution >= 4 is 11.0 Å². The number of furan rings is 1. The van der Waals surface area contributed by atoms with Gasteiger partial charge in [-0.05, 0) is 38.2 Å². The predicted molar refractivity (Wildman–Crippen MR) is 69.5 cm³/mol. The number of fused-ring (bicyclic) bond motifs is 1. The van der Waals surface area contributed by atoms with Crippen molar-refractivity contribution in [3.63, 3.8) is 0 Å². The topological polar surface area (TPSA) is 25.6 Å². The summed E-state index contributed by atoms with van der Waals surface area (Å²) in [6.45, 7) is 2.20. The van der Waals surface area contributed by atoms with E-state index >= 15 is 0 Å². The molecule has 17 heavy (non-hydrogen) atoms. The van der Waals surface area contributed by atoms with Crippen LogP contribution in [0.3, 0.4) is 0 Å². The van der Waals surface area contributed by atoms with Crippen LogP contribution in [0, 0.1) is 0 Å². The Hall–Kier alpha value is -1.48. The smallest absolute Gasteiger partial charge is 0.176 e. The van der Waals surface area contributed by atoms with Gasteiger partial charge in [0.15, 0.2) is 11.3 Å². The van der Waals surface area contributed by atoms with Crippen LogP contribution in [0.4, 0.5) is 0 Å². The lowest BCUT2D eigenvalue weighted by Crippen LogP contribution is -2.19. The van der Waals surface area contributed by atoms with E-state index in [1.807, 2.05) is 12.1 Å². The lowest BCUT2D eigenvalue weighted by molar-refractivity contribution is 0.293. The Morgan fingerprint density at radius 2 is 2.06 bits per heavy atom. The Labute approximate surface area is 102 Å². The molecule has 0 saturated heterocycles. The summed E-state index contributed by atoms with van der Waals surface area (Å²) < 4.78 is 10.8. The van der Waals surface area contributed by atoms with Crippen LogP contribution in [0.5, 0.6) is 5.75 Å². The van der Waals surface area contributed by atoms with Gasteiger partial charge in [0.1, 0.15) is 0 Å². The lowest BCUT2D eigenvalue weighted by atomic mass is 9.99. The largest absolute Gasteiger partial charge is 0.493 e. The van der Waals surface area contributed by atoms with Crippen LogP contribution < -0.4 is 4.74 Å². The molecular weight excluding hydrogens is 214 g/mol. The number of hydrogen-bond donors (Lipinski definition) is 0. The van der Waals surface area contributed by atoms with Crippen molar-refractivity contribution in [3.05, 3.63) is 30.0 Å². The van der Waals surface area contributed by atoms with Crippen molar-refractivity contribution in [3.8, 4) is 5.75 Å². The molecule has 3 nitrogen and oxygen atoms in total. The van der Waals surface area contributed by atoms with E-state index in [1.165, 1.54) is 5.56 Å². The van der Waals surface area contributed by atoms with Gasteiger partial charge < -0.3 is 14.1 Å². The molecule has 0 aliphatic rings. The normalized spacial score (nSPS) is 13.2. The Morgan fingerprint density at radius 1 is 1.29 bits per heavy atom. The van der Waals surface area contributed by atoms with Crippen molar-refractivity contribution in [2.75, 3.05) is 21.2 Å². The fourth-order valence-electron chi connectivity index (χ4n) is 2.37. The molecule has 2 rings (SSSR count). The van der Waals surface area contributed by atoms with Gasteiger partial charge in [-0.2, -0.15) is 0 Å². The highest BCUT2D eigenvalue weighted by Gasteiger charge is 2.17. The van der Waals surface area contributed by atoms with Gasteiger partial charge in [-0.1, -0.05) is 13.0 Å². The minimum atomic E-state index is 0.404. The van der Waals surface area contributed by atoms with Crippen LogP contribution in [0.1, 0.15) is 24.9 Å². The molecule has 1 heterocycles. The van der Waals surface area contributed by atoms with Crippen molar-refractivity contribution in [1.82, 2.24) is 4.90 Å².